The Morgan fingerprint density at radius 2 is 1.81 bits per heavy atom. The third kappa shape index (κ3) is 5.00. The summed E-state index contributed by atoms with van der Waals surface area (Å²) in [5.41, 5.74) is 2.65. The summed E-state index contributed by atoms with van der Waals surface area (Å²) in [5, 5.41) is 5.42. The molecule has 0 radical (unpaired) electrons. The second kappa shape index (κ2) is 9.42. The van der Waals surface area contributed by atoms with Gasteiger partial charge in [0, 0.05) is 18.1 Å². The zero-order valence-corrected chi connectivity index (χ0v) is 18.0. The predicted octanol–water partition coefficient (Wildman–Crippen LogP) is 4.16. The lowest BCUT2D eigenvalue weighted by molar-refractivity contribution is 0.101. The molecule has 0 aliphatic rings. The third-order valence-electron chi connectivity index (χ3n) is 4.97. The second-order valence-corrected chi connectivity index (χ2v) is 7.93. The molecular weight excluding hydrogens is 406 g/mol. The van der Waals surface area contributed by atoms with Crippen LogP contribution in [-0.2, 0) is 6.42 Å². The molecule has 3 aromatic heterocycles. The Bertz CT molecular complexity index is 1230. The van der Waals surface area contributed by atoms with E-state index in [0.29, 0.717) is 34.2 Å². The third-order valence-corrected chi connectivity index (χ3v) is 4.97. The molecule has 0 unspecified atom stereocenters. The number of aromatic nitrogens is 5. The van der Waals surface area contributed by atoms with Gasteiger partial charge in [0.1, 0.15) is 11.2 Å². The van der Waals surface area contributed by atoms with Gasteiger partial charge in [0.25, 0.3) is 11.8 Å². The predicted molar refractivity (Wildman–Crippen MR) is 123 cm³/mol. The molecular formula is C23H25N7O2. The zero-order chi connectivity index (χ0) is 22.5. The number of H-pyrrole nitrogens is 2. The average molecular weight is 432 g/mol. The standard InChI is InChI=1S/C23H25N7O2/c1-14(2)6-3-7-15-8-4-11-18(26-15)21(32)30-23-27-17-10-5-9-16(19(17)28-23)20(31)29-22-24-12-13-25-22/h4-5,8-14H,3,6-7H2,1-2H3,(H2,24,25,29,31)(H2,27,28,30,32). The van der Waals surface area contributed by atoms with Crippen LogP contribution in [0.5, 0.6) is 0 Å². The first-order valence-electron chi connectivity index (χ1n) is 10.6. The molecule has 4 rings (SSSR count). The summed E-state index contributed by atoms with van der Waals surface area (Å²) in [6.45, 7) is 4.38. The lowest BCUT2D eigenvalue weighted by Crippen LogP contribution is -2.15. The highest BCUT2D eigenvalue weighted by Gasteiger charge is 2.16. The quantitative estimate of drug-likeness (QED) is 0.333. The monoisotopic (exact) mass is 431 g/mol. The van der Waals surface area contributed by atoms with Crippen LogP contribution in [0.25, 0.3) is 11.0 Å². The molecule has 4 N–H and O–H groups in total. The fourth-order valence-electron chi connectivity index (χ4n) is 3.39. The van der Waals surface area contributed by atoms with E-state index in [-0.39, 0.29) is 17.8 Å². The van der Waals surface area contributed by atoms with E-state index in [0.717, 1.165) is 25.0 Å². The number of para-hydroxylation sites is 1. The van der Waals surface area contributed by atoms with Crippen molar-refractivity contribution >= 4 is 34.7 Å². The van der Waals surface area contributed by atoms with E-state index in [1.807, 2.05) is 12.1 Å². The van der Waals surface area contributed by atoms with Crippen LogP contribution in [0.1, 0.15) is 53.2 Å². The minimum atomic E-state index is -0.364. The largest absolute Gasteiger partial charge is 0.331 e. The summed E-state index contributed by atoms with van der Waals surface area (Å²) in [4.78, 5) is 44.1. The molecule has 4 aromatic rings. The van der Waals surface area contributed by atoms with E-state index in [9.17, 15) is 9.59 Å². The molecule has 9 nitrogen and oxygen atoms in total. The number of hydrogen-bond acceptors (Lipinski definition) is 5. The molecule has 9 heteroatoms. The number of fused-ring (bicyclic) bond motifs is 1. The van der Waals surface area contributed by atoms with Gasteiger partial charge < -0.3 is 9.97 Å². The highest BCUT2D eigenvalue weighted by Crippen LogP contribution is 2.20. The Balaban J connectivity index is 1.49. The minimum absolute atomic E-state index is 0.246. The number of anilines is 2. The molecule has 1 aromatic carbocycles. The van der Waals surface area contributed by atoms with Crippen LogP contribution >= 0.6 is 0 Å². The maximum absolute atomic E-state index is 12.7. The lowest BCUT2D eigenvalue weighted by atomic mass is 10.1. The molecule has 0 spiro atoms. The van der Waals surface area contributed by atoms with Gasteiger partial charge in [-0.2, -0.15) is 0 Å². The molecule has 0 aliphatic carbocycles. The number of amides is 2. The maximum Gasteiger partial charge on any atom is 0.276 e. The SMILES string of the molecule is CC(C)CCCc1cccc(C(=O)Nc2nc3c(C(=O)Nc4ncc[nH]4)cccc3[nH]2)n1. The van der Waals surface area contributed by atoms with Crippen LogP contribution < -0.4 is 10.6 Å². The van der Waals surface area contributed by atoms with Crippen molar-refractivity contribution in [3.8, 4) is 0 Å². The van der Waals surface area contributed by atoms with Gasteiger partial charge in [0.2, 0.25) is 11.9 Å². The summed E-state index contributed by atoms with van der Waals surface area (Å²) in [7, 11) is 0. The number of aryl methyl sites for hydroxylation is 1. The van der Waals surface area contributed by atoms with Gasteiger partial charge in [-0.3, -0.25) is 20.2 Å². The van der Waals surface area contributed by atoms with Gasteiger partial charge in [-0.25, -0.2) is 15.0 Å². The fourth-order valence-corrected chi connectivity index (χ4v) is 3.39. The van der Waals surface area contributed by atoms with Crippen molar-refractivity contribution in [1.82, 2.24) is 24.9 Å². The van der Waals surface area contributed by atoms with Crippen molar-refractivity contribution in [1.29, 1.82) is 0 Å². The number of benzene rings is 1. The van der Waals surface area contributed by atoms with Crippen molar-refractivity contribution < 1.29 is 9.59 Å². The van der Waals surface area contributed by atoms with Gasteiger partial charge in [-0.15, -0.1) is 0 Å². The van der Waals surface area contributed by atoms with Gasteiger partial charge in [0.05, 0.1) is 11.1 Å². The number of aromatic amines is 2. The average Bonchev–Trinajstić information content (AvgIpc) is 3.42. The summed E-state index contributed by atoms with van der Waals surface area (Å²) in [5.74, 6) is 0.508. The first-order valence-corrected chi connectivity index (χ1v) is 10.6. The Kier molecular flexibility index (Phi) is 6.25. The van der Waals surface area contributed by atoms with Crippen molar-refractivity contribution in [2.45, 2.75) is 33.1 Å². The van der Waals surface area contributed by atoms with Crippen LogP contribution in [0.15, 0.2) is 48.8 Å². The van der Waals surface area contributed by atoms with Crippen LogP contribution in [0, 0.1) is 5.92 Å². The summed E-state index contributed by atoms with van der Waals surface area (Å²) in [6, 6.07) is 10.6. The lowest BCUT2D eigenvalue weighted by Gasteiger charge is -2.06. The number of imidazole rings is 2. The normalized spacial score (nSPS) is 11.1. The van der Waals surface area contributed by atoms with Crippen LogP contribution in [0.4, 0.5) is 11.9 Å². The summed E-state index contributed by atoms with van der Waals surface area (Å²) >= 11 is 0. The number of rotatable bonds is 8. The van der Waals surface area contributed by atoms with E-state index >= 15 is 0 Å². The Morgan fingerprint density at radius 3 is 2.59 bits per heavy atom. The zero-order valence-electron chi connectivity index (χ0n) is 18.0. The smallest absolute Gasteiger partial charge is 0.276 e. The summed E-state index contributed by atoms with van der Waals surface area (Å²) in [6.07, 6.45) is 6.14. The molecule has 0 bridgehead atoms. The minimum Gasteiger partial charge on any atom is -0.331 e. The molecule has 0 fully saturated rings. The van der Waals surface area contributed by atoms with Gasteiger partial charge >= 0.3 is 0 Å². The van der Waals surface area contributed by atoms with E-state index in [4.69, 9.17) is 0 Å². The Labute approximate surface area is 185 Å². The fraction of sp³-hybridized carbons (Fsp3) is 0.261. The number of pyridine rings is 1. The second-order valence-electron chi connectivity index (χ2n) is 7.93. The van der Waals surface area contributed by atoms with E-state index < -0.39 is 0 Å². The van der Waals surface area contributed by atoms with Gasteiger partial charge in [-0.05, 0) is 43.0 Å². The van der Waals surface area contributed by atoms with Crippen molar-refractivity contribution in [3.63, 3.8) is 0 Å². The van der Waals surface area contributed by atoms with Gasteiger partial charge in [-0.1, -0.05) is 32.4 Å². The van der Waals surface area contributed by atoms with Crippen LogP contribution in [0.3, 0.4) is 0 Å². The number of nitrogens with one attached hydrogen (secondary N) is 4. The maximum atomic E-state index is 12.7. The number of carbonyl (C=O) groups excluding carboxylic acids is 2. The van der Waals surface area contributed by atoms with Crippen molar-refractivity contribution in [2.24, 2.45) is 5.92 Å². The number of nitrogens with zero attached hydrogens (tertiary/aromatic N) is 3. The molecule has 3 heterocycles. The van der Waals surface area contributed by atoms with E-state index in [2.05, 4.69) is 49.4 Å². The van der Waals surface area contributed by atoms with E-state index in [1.54, 1.807) is 36.7 Å². The van der Waals surface area contributed by atoms with Crippen LogP contribution in [-0.4, -0.2) is 36.7 Å². The highest BCUT2D eigenvalue weighted by molar-refractivity contribution is 6.11. The topological polar surface area (TPSA) is 128 Å². The number of carbonyl (C=O) groups is 2. The Morgan fingerprint density at radius 1 is 1.00 bits per heavy atom. The van der Waals surface area contributed by atoms with E-state index in [1.165, 1.54) is 0 Å². The molecule has 0 saturated heterocycles. The summed E-state index contributed by atoms with van der Waals surface area (Å²) < 4.78 is 0. The number of hydrogen-bond donors (Lipinski definition) is 4. The van der Waals surface area contributed by atoms with Crippen molar-refractivity contribution in [3.05, 3.63) is 65.7 Å². The van der Waals surface area contributed by atoms with Crippen molar-refractivity contribution in [2.75, 3.05) is 10.6 Å². The molecule has 0 aliphatic heterocycles. The molecule has 0 atom stereocenters. The first kappa shape index (κ1) is 21.2. The molecule has 164 valence electrons. The van der Waals surface area contributed by atoms with Crippen LogP contribution in [0.2, 0.25) is 0 Å². The molecule has 32 heavy (non-hydrogen) atoms. The highest BCUT2D eigenvalue weighted by atomic mass is 16.2. The molecule has 2 amide bonds. The first-order chi connectivity index (χ1) is 15.5. The molecule has 0 saturated carbocycles. The van der Waals surface area contributed by atoms with Gasteiger partial charge in [0.15, 0.2) is 0 Å². The Hall–Kier alpha value is -4.01.